The Morgan fingerprint density at radius 1 is 1.28 bits per heavy atom. The predicted molar refractivity (Wildman–Crippen MR) is 77.3 cm³/mol. The van der Waals surface area contributed by atoms with Gasteiger partial charge in [0.15, 0.2) is 0 Å². The topological polar surface area (TPSA) is 62.4 Å². The summed E-state index contributed by atoms with van der Waals surface area (Å²) in [5.74, 6) is 6.08. The Morgan fingerprint density at radius 3 is 2.50 bits per heavy atom. The molecule has 0 heterocycles. The molecule has 0 aliphatic rings. The van der Waals surface area contributed by atoms with Gasteiger partial charge in [0.2, 0.25) is 5.96 Å². The van der Waals surface area contributed by atoms with Crippen LogP contribution in [0.1, 0.15) is 32.8 Å². The second-order valence-corrected chi connectivity index (χ2v) is 4.96. The second kappa shape index (κ2) is 7.01. The molecule has 0 aromatic heterocycles. The maximum absolute atomic E-state index is 5.43. The summed E-state index contributed by atoms with van der Waals surface area (Å²) in [5.41, 5.74) is 3.90. The van der Waals surface area contributed by atoms with Gasteiger partial charge in [-0.25, -0.2) is 5.84 Å². The van der Waals surface area contributed by atoms with Crippen LogP contribution in [0.4, 0.5) is 0 Å². The maximum atomic E-state index is 5.43. The number of aliphatic imine (C=N–C) groups is 1. The second-order valence-electron chi connectivity index (χ2n) is 4.96. The normalized spacial score (nSPS) is 12.3. The Bertz CT molecular complexity index is 371. The van der Waals surface area contributed by atoms with Crippen LogP contribution in [0.15, 0.2) is 35.3 Å². The van der Waals surface area contributed by atoms with E-state index in [0.717, 1.165) is 12.8 Å². The lowest BCUT2D eigenvalue weighted by atomic mass is 9.95. The number of hydrogen-bond acceptors (Lipinski definition) is 2. The molecule has 18 heavy (non-hydrogen) atoms. The fourth-order valence-corrected chi connectivity index (χ4v) is 1.76. The van der Waals surface area contributed by atoms with Gasteiger partial charge >= 0.3 is 0 Å². The zero-order valence-electron chi connectivity index (χ0n) is 11.5. The molecule has 0 radical (unpaired) electrons. The Morgan fingerprint density at radius 2 is 1.94 bits per heavy atom. The number of nitrogens with two attached hydrogens (primary N) is 1. The molecule has 1 aromatic rings. The third kappa shape index (κ3) is 5.19. The number of aryl methyl sites for hydroxylation is 1. The van der Waals surface area contributed by atoms with Gasteiger partial charge in [0.25, 0.3) is 0 Å². The highest BCUT2D eigenvalue weighted by atomic mass is 15.3. The standard InChI is InChI=1S/C14H24N4/c1-4-16-13(18-15)17-14(2,3)11-10-12-8-6-5-7-9-12/h5-9H,4,10-11,15H2,1-3H3,(H2,16,17,18). The summed E-state index contributed by atoms with van der Waals surface area (Å²) in [6.07, 6.45) is 2.05. The fraction of sp³-hybridized carbons (Fsp3) is 0.500. The third-order valence-electron chi connectivity index (χ3n) is 2.79. The van der Waals surface area contributed by atoms with Crippen LogP contribution in [-0.4, -0.2) is 18.0 Å². The minimum atomic E-state index is -0.0454. The smallest absolute Gasteiger partial charge is 0.206 e. The first-order chi connectivity index (χ1) is 8.57. The minimum Gasteiger partial charge on any atom is -0.350 e. The summed E-state index contributed by atoms with van der Waals surface area (Å²) in [6, 6.07) is 10.5. The molecule has 0 saturated heterocycles. The Kier molecular flexibility index (Phi) is 5.65. The summed E-state index contributed by atoms with van der Waals surface area (Å²) >= 11 is 0. The number of guanidine groups is 1. The van der Waals surface area contributed by atoms with Crippen LogP contribution in [-0.2, 0) is 6.42 Å². The molecule has 100 valence electrons. The van der Waals surface area contributed by atoms with Crippen molar-refractivity contribution in [2.75, 3.05) is 6.54 Å². The molecule has 1 aromatic carbocycles. The molecule has 4 N–H and O–H groups in total. The van der Waals surface area contributed by atoms with Crippen molar-refractivity contribution in [2.45, 2.75) is 39.2 Å². The van der Waals surface area contributed by atoms with Crippen molar-refractivity contribution in [3.8, 4) is 0 Å². The van der Waals surface area contributed by atoms with E-state index in [9.17, 15) is 0 Å². The van der Waals surface area contributed by atoms with Crippen molar-refractivity contribution >= 4 is 5.96 Å². The molecule has 0 saturated carbocycles. The molecule has 1 rings (SSSR count). The van der Waals surface area contributed by atoms with Gasteiger partial charge in [0, 0.05) is 12.1 Å². The lowest BCUT2D eigenvalue weighted by Crippen LogP contribution is -2.51. The zero-order valence-corrected chi connectivity index (χ0v) is 11.5. The molecule has 0 spiro atoms. The lowest BCUT2D eigenvalue weighted by molar-refractivity contribution is 0.419. The van der Waals surface area contributed by atoms with Crippen LogP contribution in [0.2, 0.25) is 0 Å². The number of benzene rings is 1. The van der Waals surface area contributed by atoms with Crippen LogP contribution in [0, 0.1) is 0 Å². The fourth-order valence-electron chi connectivity index (χ4n) is 1.76. The number of nitrogens with zero attached hydrogens (tertiary/aromatic N) is 1. The van der Waals surface area contributed by atoms with Crippen LogP contribution < -0.4 is 16.6 Å². The van der Waals surface area contributed by atoms with Gasteiger partial charge in [-0.3, -0.25) is 10.4 Å². The van der Waals surface area contributed by atoms with Gasteiger partial charge in [-0.05, 0) is 39.2 Å². The van der Waals surface area contributed by atoms with Gasteiger partial charge in [0.05, 0.1) is 0 Å². The molecule has 0 aliphatic carbocycles. The van der Waals surface area contributed by atoms with E-state index < -0.39 is 0 Å². The van der Waals surface area contributed by atoms with E-state index in [4.69, 9.17) is 5.84 Å². The summed E-state index contributed by atoms with van der Waals surface area (Å²) < 4.78 is 0. The molecular formula is C14H24N4. The Balaban J connectivity index is 2.51. The molecular weight excluding hydrogens is 224 g/mol. The van der Waals surface area contributed by atoms with E-state index >= 15 is 0 Å². The molecule has 0 bridgehead atoms. The number of rotatable bonds is 5. The summed E-state index contributed by atoms with van der Waals surface area (Å²) in [6.45, 7) is 6.99. The maximum Gasteiger partial charge on any atom is 0.206 e. The van der Waals surface area contributed by atoms with Gasteiger partial charge in [-0.15, -0.1) is 0 Å². The first kappa shape index (κ1) is 14.5. The number of nitrogens with one attached hydrogen (secondary N) is 2. The van der Waals surface area contributed by atoms with Gasteiger partial charge in [-0.2, -0.15) is 0 Å². The summed E-state index contributed by atoms with van der Waals surface area (Å²) in [4.78, 5) is 4.25. The van der Waals surface area contributed by atoms with Crippen molar-refractivity contribution in [2.24, 2.45) is 10.8 Å². The number of hydrogen-bond donors (Lipinski definition) is 3. The molecule has 0 unspecified atom stereocenters. The van der Waals surface area contributed by atoms with Crippen molar-refractivity contribution in [1.82, 2.24) is 10.7 Å². The monoisotopic (exact) mass is 248 g/mol. The van der Waals surface area contributed by atoms with E-state index in [-0.39, 0.29) is 5.54 Å². The van der Waals surface area contributed by atoms with Gasteiger partial charge in [0.1, 0.15) is 0 Å². The third-order valence-corrected chi connectivity index (χ3v) is 2.79. The van der Waals surface area contributed by atoms with Crippen LogP contribution in [0.5, 0.6) is 0 Å². The summed E-state index contributed by atoms with van der Waals surface area (Å²) in [7, 11) is 0. The van der Waals surface area contributed by atoms with Crippen LogP contribution >= 0.6 is 0 Å². The first-order valence-electron chi connectivity index (χ1n) is 6.40. The highest BCUT2D eigenvalue weighted by molar-refractivity contribution is 5.79. The minimum absolute atomic E-state index is 0.0454. The average Bonchev–Trinajstić information content (AvgIpc) is 2.37. The zero-order chi connectivity index (χ0) is 13.4. The highest BCUT2D eigenvalue weighted by Gasteiger charge is 2.18. The van der Waals surface area contributed by atoms with Crippen molar-refractivity contribution in [3.05, 3.63) is 35.9 Å². The summed E-state index contributed by atoms with van der Waals surface area (Å²) in [5, 5.41) is 3.33. The lowest BCUT2D eigenvalue weighted by Gasteiger charge is -2.28. The first-order valence-corrected chi connectivity index (χ1v) is 6.40. The molecule has 4 heteroatoms. The average molecular weight is 248 g/mol. The van der Waals surface area contributed by atoms with Gasteiger partial charge < -0.3 is 5.32 Å². The largest absolute Gasteiger partial charge is 0.350 e. The van der Waals surface area contributed by atoms with Crippen LogP contribution in [0.3, 0.4) is 0 Å². The predicted octanol–water partition coefficient (Wildman–Crippen LogP) is 1.83. The Hall–Kier alpha value is -1.55. The Labute approximate surface area is 110 Å². The molecule has 0 amide bonds. The van der Waals surface area contributed by atoms with E-state index in [1.807, 2.05) is 13.0 Å². The molecule has 0 fully saturated rings. The molecule has 4 nitrogen and oxygen atoms in total. The number of hydrazine groups is 1. The van der Waals surface area contributed by atoms with Gasteiger partial charge in [-0.1, -0.05) is 30.3 Å². The van der Waals surface area contributed by atoms with E-state index in [1.165, 1.54) is 5.56 Å². The quantitative estimate of drug-likeness (QED) is 0.322. The highest BCUT2D eigenvalue weighted by Crippen LogP contribution is 2.13. The van der Waals surface area contributed by atoms with Crippen molar-refractivity contribution < 1.29 is 0 Å². The van der Waals surface area contributed by atoms with E-state index in [1.54, 1.807) is 0 Å². The SMILES string of the molecule is CCN=C(NN)NC(C)(C)CCc1ccccc1. The van der Waals surface area contributed by atoms with Crippen molar-refractivity contribution in [3.63, 3.8) is 0 Å². The molecule has 0 aliphatic heterocycles. The van der Waals surface area contributed by atoms with E-state index in [2.05, 4.69) is 53.8 Å². The van der Waals surface area contributed by atoms with Crippen molar-refractivity contribution in [1.29, 1.82) is 0 Å². The molecule has 0 atom stereocenters. The van der Waals surface area contributed by atoms with E-state index in [0.29, 0.717) is 12.5 Å². The van der Waals surface area contributed by atoms with Crippen LogP contribution in [0.25, 0.3) is 0 Å².